The Hall–Kier alpha value is -3.20. The molecule has 2 amide bonds. The average molecular weight is 421 g/mol. The van der Waals surface area contributed by atoms with Crippen LogP contribution in [-0.4, -0.2) is 42.9 Å². The molecule has 2 aromatic carbocycles. The first kappa shape index (κ1) is 21.5. The summed E-state index contributed by atoms with van der Waals surface area (Å²) in [5, 5.41) is 0. The van der Waals surface area contributed by atoms with Gasteiger partial charge in [0.05, 0.1) is 22.3 Å². The number of imide groups is 1. The van der Waals surface area contributed by atoms with E-state index in [1.165, 1.54) is 43.5 Å². The molecule has 0 saturated heterocycles. The molecule has 3 rings (SSSR count). The Balaban J connectivity index is 1.73. The van der Waals surface area contributed by atoms with E-state index in [0.717, 1.165) is 11.0 Å². The maximum absolute atomic E-state index is 13.1. The number of amides is 2. The Morgan fingerprint density at radius 2 is 1.73 bits per heavy atom. The van der Waals surface area contributed by atoms with Crippen LogP contribution in [0, 0.1) is 0 Å². The third kappa shape index (κ3) is 4.35. The van der Waals surface area contributed by atoms with E-state index in [-0.39, 0.29) is 28.8 Å². The number of alkyl halides is 3. The van der Waals surface area contributed by atoms with E-state index >= 15 is 0 Å². The second-order valence-corrected chi connectivity index (χ2v) is 6.60. The molecule has 0 aromatic heterocycles. The number of ether oxygens (including phenoxy) is 2. The summed E-state index contributed by atoms with van der Waals surface area (Å²) in [6.45, 7) is -0.0276. The Bertz CT molecular complexity index is 987. The highest BCUT2D eigenvalue weighted by atomic mass is 19.4. The van der Waals surface area contributed by atoms with Crippen LogP contribution in [0.2, 0.25) is 0 Å². The van der Waals surface area contributed by atoms with Gasteiger partial charge in [0.25, 0.3) is 11.8 Å². The van der Waals surface area contributed by atoms with Crippen LogP contribution < -0.4 is 0 Å². The van der Waals surface area contributed by atoms with E-state index in [1.807, 2.05) is 0 Å². The van der Waals surface area contributed by atoms with Crippen LogP contribution in [0.15, 0.2) is 42.5 Å². The second-order valence-electron chi connectivity index (χ2n) is 6.60. The molecule has 0 bridgehead atoms. The molecule has 0 saturated carbocycles. The van der Waals surface area contributed by atoms with Crippen LogP contribution in [0.1, 0.15) is 48.6 Å². The number of hydrogen-bond acceptors (Lipinski definition) is 5. The van der Waals surface area contributed by atoms with Crippen molar-refractivity contribution in [2.75, 3.05) is 20.3 Å². The van der Waals surface area contributed by atoms with Crippen molar-refractivity contribution >= 4 is 17.8 Å². The topological polar surface area (TPSA) is 72.9 Å². The number of nitrogens with zero attached hydrogens (tertiary/aromatic N) is 1. The molecule has 30 heavy (non-hydrogen) atoms. The standard InChI is InChI=1S/C21H18F3NO5/c1-29-10-4-9-25-18(26)15-8-7-13(11-16(15)19(25)27)20(28)30-12-14-5-2-3-6-17(14)21(22,23)24/h2-3,5-8,11H,4,9-10,12H2,1H3. The van der Waals surface area contributed by atoms with Crippen LogP contribution in [0.4, 0.5) is 13.2 Å². The summed E-state index contributed by atoms with van der Waals surface area (Å²) < 4.78 is 49.1. The summed E-state index contributed by atoms with van der Waals surface area (Å²) in [6, 6.07) is 8.66. The first-order valence-corrected chi connectivity index (χ1v) is 9.05. The lowest BCUT2D eigenvalue weighted by atomic mass is 10.1. The molecule has 0 unspecified atom stereocenters. The predicted molar refractivity (Wildman–Crippen MR) is 98.9 cm³/mol. The van der Waals surface area contributed by atoms with Crippen LogP contribution in [0.3, 0.4) is 0 Å². The fourth-order valence-corrected chi connectivity index (χ4v) is 3.14. The number of methoxy groups -OCH3 is 1. The molecule has 0 N–H and O–H groups in total. The van der Waals surface area contributed by atoms with Gasteiger partial charge in [-0.1, -0.05) is 18.2 Å². The third-order valence-electron chi connectivity index (χ3n) is 4.62. The number of benzene rings is 2. The Labute approximate surface area is 170 Å². The van der Waals surface area contributed by atoms with Crippen molar-refractivity contribution in [1.82, 2.24) is 4.90 Å². The minimum absolute atomic E-state index is 0.0295. The van der Waals surface area contributed by atoms with Crippen LogP contribution in [-0.2, 0) is 22.3 Å². The van der Waals surface area contributed by atoms with Crippen LogP contribution >= 0.6 is 0 Å². The monoisotopic (exact) mass is 421 g/mol. The lowest BCUT2D eigenvalue weighted by Gasteiger charge is -2.13. The summed E-state index contributed by atoms with van der Waals surface area (Å²) in [4.78, 5) is 38.3. The van der Waals surface area contributed by atoms with Gasteiger partial charge in [-0.25, -0.2) is 4.79 Å². The van der Waals surface area contributed by atoms with Gasteiger partial charge in [-0.2, -0.15) is 13.2 Å². The van der Waals surface area contributed by atoms with Gasteiger partial charge in [0, 0.05) is 25.8 Å². The molecule has 0 fully saturated rings. The quantitative estimate of drug-likeness (QED) is 0.387. The minimum Gasteiger partial charge on any atom is -0.457 e. The normalized spacial score (nSPS) is 13.5. The van der Waals surface area contributed by atoms with Crippen molar-refractivity contribution in [2.24, 2.45) is 0 Å². The highest BCUT2D eigenvalue weighted by molar-refractivity contribution is 6.21. The van der Waals surface area contributed by atoms with Crippen molar-refractivity contribution < 1.29 is 37.0 Å². The van der Waals surface area contributed by atoms with Gasteiger partial charge in [-0.3, -0.25) is 14.5 Å². The van der Waals surface area contributed by atoms with Gasteiger partial charge >= 0.3 is 12.1 Å². The number of rotatable bonds is 7. The van der Waals surface area contributed by atoms with E-state index in [9.17, 15) is 27.6 Å². The lowest BCUT2D eigenvalue weighted by molar-refractivity contribution is -0.138. The predicted octanol–water partition coefficient (Wildman–Crippen LogP) is 3.69. The Kier molecular flexibility index (Phi) is 6.21. The molecular formula is C21H18F3NO5. The highest BCUT2D eigenvalue weighted by Crippen LogP contribution is 2.32. The molecular weight excluding hydrogens is 403 g/mol. The number of carbonyl (C=O) groups excluding carboxylic acids is 3. The third-order valence-corrected chi connectivity index (χ3v) is 4.62. The fraction of sp³-hybridized carbons (Fsp3) is 0.286. The van der Waals surface area contributed by atoms with Crippen molar-refractivity contribution in [3.63, 3.8) is 0 Å². The van der Waals surface area contributed by atoms with Crippen molar-refractivity contribution in [2.45, 2.75) is 19.2 Å². The number of fused-ring (bicyclic) bond motifs is 1. The smallest absolute Gasteiger partial charge is 0.416 e. The number of halogens is 3. The Morgan fingerprint density at radius 1 is 1.03 bits per heavy atom. The summed E-state index contributed by atoms with van der Waals surface area (Å²) in [6.07, 6.45) is -4.11. The summed E-state index contributed by atoms with van der Waals surface area (Å²) in [5.41, 5.74) is -0.883. The zero-order chi connectivity index (χ0) is 21.9. The van der Waals surface area contributed by atoms with Crippen LogP contribution in [0.5, 0.6) is 0 Å². The zero-order valence-electron chi connectivity index (χ0n) is 16.0. The average Bonchev–Trinajstić information content (AvgIpc) is 2.96. The van der Waals surface area contributed by atoms with E-state index in [0.29, 0.717) is 13.0 Å². The van der Waals surface area contributed by atoms with E-state index in [1.54, 1.807) is 0 Å². The van der Waals surface area contributed by atoms with Gasteiger partial charge < -0.3 is 9.47 Å². The molecule has 1 heterocycles. The van der Waals surface area contributed by atoms with Gasteiger partial charge in [0.15, 0.2) is 0 Å². The number of carbonyl (C=O) groups is 3. The van der Waals surface area contributed by atoms with E-state index in [4.69, 9.17) is 9.47 Å². The molecule has 0 radical (unpaired) electrons. The van der Waals surface area contributed by atoms with Gasteiger partial charge in [-0.05, 0) is 30.7 Å². The molecule has 6 nitrogen and oxygen atoms in total. The van der Waals surface area contributed by atoms with Gasteiger partial charge in [0.1, 0.15) is 6.61 Å². The second kappa shape index (κ2) is 8.66. The molecule has 1 aliphatic heterocycles. The Morgan fingerprint density at radius 3 is 2.43 bits per heavy atom. The summed E-state index contributed by atoms with van der Waals surface area (Å²) in [5.74, 6) is -1.90. The minimum atomic E-state index is -4.57. The molecule has 0 atom stereocenters. The number of esters is 1. The SMILES string of the molecule is COCCCN1C(=O)c2ccc(C(=O)OCc3ccccc3C(F)(F)F)cc2C1=O. The molecule has 0 spiro atoms. The maximum atomic E-state index is 13.1. The van der Waals surface area contributed by atoms with Crippen molar-refractivity contribution in [3.8, 4) is 0 Å². The maximum Gasteiger partial charge on any atom is 0.416 e. The summed E-state index contributed by atoms with van der Waals surface area (Å²) in [7, 11) is 1.51. The van der Waals surface area contributed by atoms with E-state index in [2.05, 4.69) is 0 Å². The van der Waals surface area contributed by atoms with Crippen molar-refractivity contribution in [3.05, 3.63) is 70.3 Å². The number of hydrogen-bond donors (Lipinski definition) is 0. The van der Waals surface area contributed by atoms with Crippen LogP contribution in [0.25, 0.3) is 0 Å². The molecule has 158 valence electrons. The van der Waals surface area contributed by atoms with Gasteiger partial charge in [0.2, 0.25) is 0 Å². The summed E-state index contributed by atoms with van der Waals surface area (Å²) >= 11 is 0. The molecule has 9 heteroatoms. The molecule has 0 aliphatic carbocycles. The lowest BCUT2D eigenvalue weighted by Crippen LogP contribution is -2.31. The van der Waals surface area contributed by atoms with Crippen molar-refractivity contribution in [1.29, 1.82) is 0 Å². The fourth-order valence-electron chi connectivity index (χ4n) is 3.14. The highest BCUT2D eigenvalue weighted by Gasteiger charge is 2.36. The first-order chi connectivity index (χ1) is 14.2. The molecule has 1 aliphatic rings. The van der Waals surface area contributed by atoms with E-state index < -0.39 is 36.1 Å². The largest absolute Gasteiger partial charge is 0.457 e. The zero-order valence-corrected chi connectivity index (χ0v) is 16.0. The van der Waals surface area contributed by atoms with Gasteiger partial charge in [-0.15, -0.1) is 0 Å². The first-order valence-electron chi connectivity index (χ1n) is 9.05. The molecule has 2 aromatic rings.